The average molecular weight is 261 g/mol. The van der Waals surface area contributed by atoms with Crippen molar-refractivity contribution in [1.82, 2.24) is 4.72 Å². The summed E-state index contributed by atoms with van der Waals surface area (Å²) in [5.41, 5.74) is 0. The van der Waals surface area contributed by atoms with Crippen molar-refractivity contribution in [1.29, 1.82) is 0 Å². The number of allylic oxidation sites excluding steroid dienone is 1. The van der Waals surface area contributed by atoms with Gasteiger partial charge in [-0.3, -0.25) is 0 Å². The maximum Gasteiger partial charge on any atom is 0.243 e. The molecule has 1 aromatic carbocycles. The van der Waals surface area contributed by atoms with E-state index in [-0.39, 0.29) is 6.54 Å². The Morgan fingerprint density at radius 2 is 2.06 bits per heavy atom. The first-order chi connectivity index (χ1) is 7.97. The summed E-state index contributed by atoms with van der Waals surface area (Å²) < 4.78 is 51.5. The molecule has 0 saturated heterocycles. The maximum absolute atomic E-state index is 13.2. The number of hydrogen-bond acceptors (Lipinski definition) is 2. The van der Waals surface area contributed by atoms with Crippen molar-refractivity contribution in [2.45, 2.75) is 18.2 Å². The number of hydrogen-bond donors (Lipinski definition) is 1. The van der Waals surface area contributed by atoms with Crippen LogP contribution in [0.4, 0.5) is 8.78 Å². The summed E-state index contributed by atoms with van der Waals surface area (Å²) >= 11 is 0. The third-order valence-electron chi connectivity index (χ3n) is 2.02. The number of halogens is 2. The summed E-state index contributed by atoms with van der Waals surface area (Å²) in [6.45, 7) is 1.95. The second kappa shape index (κ2) is 5.88. The van der Waals surface area contributed by atoms with Gasteiger partial charge in [-0.05, 0) is 31.5 Å². The molecule has 0 atom stereocenters. The van der Waals surface area contributed by atoms with Crippen LogP contribution in [-0.4, -0.2) is 15.0 Å². The molecule has 1 N–H and O–H groups in total. The molecule has 0 spiro atoms. The van der Waals surface area contributed by atoms with E-state index in [1.165, 1.54) is 0 Å². The second-order valence-corrected chi connectivity index (χ2v) is 5.07. The molecule has 0 amide bonds. The third-order valence-corrected chi connectivity index (χ3v) is 3.50. The van der Waals surface area contributed by atoms with Crippen molar-refractivity contribution in [3.05, 3.63) is 42.0 Å². The van der Waals surface area contributed by atoms with Crippen molar-refractivity contribution in [2.75, 3.05) is 6.54 Å². The van der Waals surface area contributed by atoms with Crippen LogP contribution >= 0.6 is 0 Å². The first-order valence-electron chi connectivity index (χ1n) is 5.03. The van der Waals surface area contributed by atoms with Crippen molar-refractivity contribution < 1.29 is 17.2 Å². The fourth-order valence-corrected chi connectivity index (χ4v) is 2.34. The van der Waals surface area contributed by atoms with Crippen LogP contribution in [0.25, 0.3) is 0 Å². The van der Waals surface area contributed by atoms with Gasteiger partial charge in [-0.1, -0.05) is 12.2 Å². The highest BCUT2D eigenvalue weighted by atomic mass is 32.2. The Bertz CT molecular complexity index is 512. The van der Waals surface area contributed by atoms with E-state index in [1.807, 2.05) is 0 Å². The van der Waals surface area contributed by atoms with E-state index in [0.717, 1.165) is 12.1 Å². The van der Waals surface area contributed by atoms with E-state index in [4.69, 9.17) is 0 Å². The van der Waals surface area contributed by atoms with Gasteiger partial charge in [-0.25, -0.2) is 21.9 Å². The van der Waals surface area contributed by atoms with E-state index in [9.17, 15) is 17.2 Å². The Kier molecular flexibility index (Phi) is 4.77. The van der Waals surface area contributed by atoms with Gasteiger partial charge in [0.1, 0.15) is 16.5 Å². The lowest BCUT2D eigenvalue weighted by atomic mass is 10.3. The standard InChI is InChI=1S/C11H13F2NO2S/c1-2-3-4-7-14-17(15,16)11-8-9(12)5-6-10(11)13/h2-3,5-6,8,14H,4,7H2,1H3/b3-2+. The lowest BCUT2D eigenvalue weighted by Gasteiger charge is -2.06. The molecule has 0 unspecified atom stereocenters. The Morgan fingerprint density at radius 1 is 1.35 bits per heavy atom. The zero-order valence-corrected chi connectivity index (χ0v) is 10.1. The molecule has 17 heavy (non-hydrogen) atoms. The Morgan fingerprint density at radius 3 is 2.71 bits per heavy atom. The summed E-state index contributed by atoms with van der Waals surface area (Å²) in [6, 6.07) is 2.32. The predicted molar refractivity (Wildman–Crippen MR) is 61.0 cm³/mol. The molecular weight excluding hydrogens is 248 g/mol. The number of benzene rings is 1. The summed E-state index contributed by atoms with van der Waals surface area (Å²) in [6.07, 6.45) is 4.04. The molecule has 0 radical (unpaired) electrons. The predicted octanol–water partition coefficient (Wildman–Crippen LogP) is 2.21. The van der Waals surface area contributed by atoms with Gasteiger partial charge in [-0.15, -0.1) is 0 Å². The molecule has 1 aromatic rings. The zero-order chi connectivity index (χ0) is 12.9. The monoisotopic (exact) mass is 261 g/mol. The van der Waals surface area contributed by atoms with Crippen molar-refractivity contribution in [2.24, 2.45) is 0 Å². The fourth-order valence-electron chi connectivity index (χ4n) is 1.20. The van der Waals surface area contributed by atoms with Gasteiger partial charge >= 0.3 is 0 Å². The fraction of sp³-hybridized carbons (Fsp3) is 0.273. The number of nitrogens with one attached hydrogen (secondary N) is 1. The highest BCUT2D eigenvalue weighted by molar-refractivity contribution is 7.89. The molecule has 6 heteroatoms. The average Bonchev–Trinajstić information content (AvgIpc) is 2.28. The molecule has 0 aliphatic heterocycles. The van der Waals surface area contributed by atoms with Crippen molar-refractivity contribution in [3.63, 3.8) is 0 Å². The van der Waals surface area contributed by atoms with Crippen LogP contribution in [-0.2, 0) is 10.0 Å². The summed E-state index contributed by atoms with van der Waals surface area (Å²) in [4.78, 5) is -0.669. The van der Waals surface area contributed by atoms with Crippen LogP contribution in [0.2, 0.25) is 0 Å². The van der Waals surface area contributed by atoms with Crippen molar-refractivity contribution in [3.8, 4) is 0 Å². The van der Waals surface area contributed by atoms with Crippen LogP contribution in [0, 0.1) is 11.6 Å². The molecule has 0 heterocycles. The molecule has 0 fully saturated rings. The first kappa shape index (κ1) is 13.8. The van der Waals surface area contributed by atoms with Crippen LogP contribution in [0.15, 0.2) is 35.2 Å². The van der Waals surface area contributed by atoms with Gasteiger partial charge in [0.25, 0.3) is 0 Å². The molecule has 0 aromatic heterocycles. The SMILES string of the molecule is C/C=C/CCNS(=O)(=O)c1cc(F)ccc1F. The molecule has 0 bridgehead atoms. The molecule has 94 valence electrons. The molecule has 1 rings (SSSR count). The summed E-state index contributed by atoms with van der Waals surface area (Å²) in [5.74, 6) is -1.76. The van der Waals surface area contributed by atoms with Gasteiger partial charge in [0.05, 0.1) is 0 Å². The van der Waals surface area contributed by atoms with Crippen molar-refractivity contribution >= 4 is 10.0 Å². The van der Waals surface area contributed by atoms with Crippen LogP contribution < -0.4 is 4.72 Å². The quantitative estimate of drug-likeness (QED) is 0.652. The minimum atomic E-state index is -3.99. The topological polar surface area (TPSA) is 46.2 Å². The maximum atomic E-state index is 13.2. The summed E-state index contributed by atoms with van der Waals surface area (Å²) in [7, 11) is -3.99. The van der Waals surface area contributed by atoms with E-state index >= 15 is 0 Å². The molecular formula is C11H13F2NO2S. The van der Waals surface area contributed by atoms with Gasteiger partial charge in [0.2, 0.25) is 10.0 Å². The van der Waals surface area contributed by atoms with Crippen LogP contribution in [0.5, 0.6) is 0 Å². The lowest BCUT2D eigenvalue weighted by Crippen LogP contribution is -2.25. The summed E-state index contributed by atoms with van der Waals surface area (Å²) in [5, 5.41) is 0. The van der Waals surface area contributed by atoms with Gasteiger partial charge in [0.15, 0.2) is 0 Å². The Hall–Kier alpha value is -1.27. The Labute approximate surface area is 99.2 Å². The van der Waals surface area contributed by atoms with Gasteiger partial charge < -0.3 is 0 Å². The molecule has 0 aliphatic carbocycles. The lowest BCUT2D eigenvalue weighted by molar-refractivity contribution is 0.546. The van der Waals surface area contributed by atoms with Crippen LogP contribution in [0.3, 0.4) is 0 Å². The number of rotatable bonds is 5. The van der Waals surface area contributed by atoms with E-state index in [1.54, 1.807) is 19.1 Å². The van der Waals surface area contributed by atoms with Crippen LogP contribution in [0.1, 0.15) is 13.3 Å². The highest BCUT2D eigenvalue weighted by Crippen LogP contribution is 2.15. The highest BCUT2D eigenvalue weighted by Gasteiger charge is 2.18. The first-order valence-corrected chi connectivity index (χ1v) is 6.51. The van der Waals surface area contributed by atoms with Gasteiger partial charge in [0, 0.05) is 6.54 Å². The smallest absolute Gasteiger partial charge is 0.211 e. The molecule has 3 nitrogen and oxygen atoms in total. The van der Waals surface area contributed by atoms with E-state index in [0.29, 0.717) is 12.5 Å². The molecule has 0 aliphatic rings. The third kappa shape index (κ3) is 3.90. The largest absolute Gasteiger partial charge is 0.243 e. The normalized spacial score (nSPS) is 12.2. The zero-order valence-electron chi connectivity index (χ0n) is 9.28. The second-order valence-electron chi connectivity index (χ2n) is 3.33. The Balaban J connectivity index is 2.86. The van der Waals surface area contributed by atoms with E-state index in [2.05, 4.69) is 4.72 Å². The van der Waals surface area contributed by atoms with Gasteiger partial charge in [-0.2, -0.15) is 0 Å². The minimum Gasteiger partial charge on any atom is -0.211 e. The molecule has 0 saturated carbocycles. The number of sulfonamides is 1. The van der Waals surface area contributed by atoms with E-state index < -0.39 is 26.6 Å². The minimum absolute atomic E-state index is 0.141.